The van der Waals surface area contributed by atoms with Crippen LogP contribution in [0.25, 0.3) is 0 Å². The summed E-state index contributed by atoms with van der Waals surface area (Å²) in [5, 5.41) is 6.86. The number of guanidine groups is 1. The van der Waals surface area contributed by atoms with E-state index in [2.05, 4.69) is 17.6 Å². The maximum absolute atomic E-state index is 13.6. The minimum absolute atomic E-state index is 0. The molecule has 0 bridgehead atoms. The molecular formula is C23H34FIN4O. The van der Waals surface area contributed by atoms with Gasteiger partial charge in [0.05, 0.1) is 6.54 Å². The van der Waals surface area contributed by atoms with Crippen LogP contribution in [0.4, 0.5) is 4.39 Å². The molecule has 4 rings (SSSR count). The van der Waals surface area contributed by atoms with Crippen molar-refractivity contribution in [1.82, 2.24) is 15.5 Å². The zero-order valence-corrected chi connectivity index (χ0v) is 20.2. The normalized spacial score (nSPS) is 23.2. The average molecular weight is 528 g/mol. The summed E-state index contributed by atoms with van der Waals surface area (Å²) in [6, 6.07) is 7.17. The molecule has 1 heterocycles. The van der Waals surface area contributed by atoms with Gasteiger partial charge in [0.25, 0.3) is 0 Å². The van der Waals surface area contributed by atoms with Crippen molar-refractivity contribution < 1.29 is 9.18 Å². The lowest BCUT2D eigenvalue weighted by molar-refractivity contribution is -0.134. The van der Waals surface area contributed by atoms with E-state index in [1.165, 1.54) is 18.9 Å². The third kappa shape index (κ3) is 5.45. The van der Waals surface area contributed by atoms with Crippen LogP contribution >= 0.6 is 24.0 Å². The molecule has 1 aromatic carbocycles. The molecule has 0 spiro atoms. The van der Waals surface area contributed by atoms with Gasteiger partial charge in [0, 0.05) is 37.0 Å². The molecule has 0 radical (unpaired) electrons. The Kier molecular flexibility index (Phi) is 7.98. The largest absolute Gasteiger partial charge is 0.357 e. The van der Waals surface area contributed by atoms with Gasteiger partial charge in [-0.1, -0.05) is 25.0 Å². The van der Waals surface area contributed by atoms with Crippen LogP contribution in [0.5, 0.6) is 0 Å². The summed E-state index contributed by atoms with van der Waals surface area (Å²) in [4.78, 5) is 19.5. The number of halogens is 2. The van der Waals surface area contributed by atoms with E-state index >= 15 is 0 Å². The van der Waals surface area contributed by atoms with E-state index < -0.39 is 0 Å². The van der Waals surface area contributed by atoms with Crippen molar-refractivity contribution in [2.24, 2.45) is 10.9 Å². The summed E-state index contributed by atoms with van der Waals surface area (Å²) >= 11 is 0. The van der Waals surface area contributed by atoms with Gasteiger partial charge in [0.1, 0.15) is 5.82 Å². The molecular weight excluding hydrogens is 494 g/mol. The van der Waals surface area contributed by atoms with Crippen LogP contribution in [0.3, 0.4) is 0 Å². The Morgan fingerprint density at radius 3 is 2.70 bits per heavy atom. The number of rotatable bonds is 6. The van der Waals surface area contributed by atoms with E-state index in [-0.39, 0.29) is 47.2 Å². The van der Waals surface area contributed by atoms with E-state index in [4.69, 9.17) is 4.99 Å². The van der Waals surface area contributed by atoms with Crippen LogP contribution in [0.1, 0.15) is 57.4 Å². The van der Waals surface area contributed by atoms with Gasteiger partial charge in [0.15, 0.2) is 5.96 Å². The van der Waals surface area contributed by atoms with Gasteiger partial charge in [-0.15, -0.1) is 24.0 Å². The lowest BCUT2D eigenvalue weighted by atomic mass is 9.96. The second-order valence-electron chi connectivity index (χ2n) is 8.88. The topological polar surface area (TPSA) is 56.7 Å². The van der Waals surface area contributed by atoms with Crippen LogP contribution in [-0.4, -0.2) is 49.0 Å². The fourth-order valence-corrected chi connectivity index (χ4v) is 4.76. The highest BCUT2D eigenvalue weighted by Gasteiger charge is 2.44. The minimum Gasteiger partial charge on any atom is -0.357 e. The molecule has 2 saturated carbocycles. The predicted octanol–water partition coefficient (Wildman–Crippen LogP) is 3.82. The van der Waals surface area contributed by atoms with Gasteiger partial charge in [-0.3, -0.25) is 9.79 Å². The second kappa shape index (κ2) is 10.3. The summed E-state index contributed by atoms with van der Waals surface area (Å²) in [5.74, 6) is 1.21. The molecule has 7 heteroatoms. The van der Waals surface area contributed by atoms with Crippen LogP contribution in [-0.2, 0) is 10.2 Å². The van der Waals surface area contributed by atoms with E-state index in [1.807, 2.05) is 11.0 Å². The summed E-state index contributed by atoms with van der Waals surface area (Å²) in [6.45, 7) is 5.09. The molecule has 30 heavy (non-hydrogen) atoms. The highest BCUT2D eigenvalue weighted by atomic mass is 127. The van der Waals surface area contributed by atoms with Gasteiger partial charge in [-0.2, -0.15) is 0 Å². The van der Waals surface area contributed by atoms with Crippen molar-refractivity contribution in [3.05, 3.63) is 35.6 Å². The molecule has 5 nitrogen and oxygen atoms in total. The Morgan fingerprint density at radius 2 is 2.03 bits per heavy atom. The third-order valence-electron chi connectivity index (χ3n) is 6.72. The van der Waals surface area contributed by atoms with Gasteiger partial charge >= 0.3 is 0 Å². The van der Waals surface area contributed by atoms with Crippen LogP contribution in [0, 0.1) is 11.7 Å². The summed E-state index contributed by atoms with van der Waals surface area (Å²) in [5.41, 5.74) is 1.02. The van der Waals surface area contributed by atoms with Crippen molar-refractivity contribution in [3.8, 4) is 0 Å². The van der Waals surface area contributed by atoms with E-state index in [9.17, 15) is 9.18 Å². The first-order valence-corrected chi connectivity index (χ1v) is 11.2. The second-order valence-corrected chi connectivity index (χ2v) is 8.88. The monoisotopic (exact) mass is 528 g/mol. The first kappa shape index (κ1) is 23.3. The maximum atomic E-state index is 13.6. The number of carbonyl (C=O) groups is 1. The lowest BCUT2D eigenvalue weighted by Crippen LogP contribution is -2.45. The van der Waals surface area contributed by atoms with Crippen molar-refractivity contribution in [2.45, 2.75) is 63.3 Å². The quantitative estimate of drug-likeness (QED) is 0.336. The van der Waals surface area contributed by atoms with Crippen LogP contribution < -0.4 is 10.6 Å². The fourth-order valence-electron chi connectivity index (χ4n) is 4.76. The molecule has 2 aliphatic carbocycles. The smallest absolute Gasteiger partial charge is 0.225 e. The van der Waals surface area contributed by atoms with Gasteiger partial charge in [-0.25, -0.2) is 4.39 Å². The third-order valence-corrected chi connectivity index (χ3v) is 6.72. The molecule has 1 aliphatic heterocycles. The number of likely N-dealkylation sites (tertiary alicyclic amines) is 1. The molecule has 2 N–H and O–H groups in total. The average Bonchev–Trinajstić information content (AvgIpc) is 3.11. The molecule has 1 amide bonds. The first-order valence-electron chi connectivity index (χ1n) is 11.2. The number of amides is 1. The van der Waals surface area contributed by atoms with E-state index in [0.717, 1.165) is 63.3 Å². The highest BCUT2D eigenvalue weighted by Crippen LogP contribution is 2.48. The fraction of sp³-hybridized carbons (Fsp3) is 0.652. The van der Waals surface area contributed by atoms with Crippen molar-refractivity contribution in [1.29, 1.82) is 0 Å². The number of aliphatic imine (C=N–C) groups is 1. The highest BCUT2D eigenvalue weighted by molar-refractivity contribution is 14.0. The molecule has 1 saturated heterocycles. The zero-order chi connectivity index (χ0) is 20.3. The van der Waals surface area contributed by atoms with Crippen LogP contribution in [0.2, 0.25) is 0 Å². The molecule has 3 fully saturated rings. The maximum Gasteiger partial charge on any atom is 0.225 e. The number of hydrogen-bond donors (Lipinski definition) is 2. The summed E-state index contributed by atoms with van der Waals surface area (Å²) < 4.78 is 13.6. The molecule has 0 aromatic heterocycles. The standard InChI is InChI=1S/C23H33FN4O.HI/c1-2-25-22(26-16-23(11-12-23)18-8-5-9-19(24)14-18)27-20-10-13-28(15-20)21(29)17-6-3-4-7-17;/h5,8-9,14,17,20H,2-4,6-7,10-13,15-16H2,1H3,(H2,25,26,27);1H. The number of hydrogen-bond acceptors (Lipinski definition) is 2. The Bertz CT molecular complexity index is 761. The summed E-state index contributed by atoms with van der Waals surface area (Å²) in [6.07, 6.45) is 7.54. The number of carbonyl (C=O) groups excluding carboxylic acids is 1. The van der Waals surface area contributed by atoms with E-state index in [1.54, 1.807) is 12.1 Å². The number of nitrogens with zero attached hydrogens (tertiary/aromatic N) is 2. The summed E-state index contributed by atoms with van der Waals surface area (Å²) in [7, 11) is 0. The Morgan fingerprint density at radius 1 is 1.27 bits per heavy atom. The first-order chi connectivity index (χ1) is 14.1. The van der Waals surface area contributed by atoms with Gasteiger partial charge in [0.2, 0.25) is 5.91 Å². The van der Waals surface area contributed by atoms with Crippen molar-refractivity contribution >= 4 is 35.8 Å². The van der Waals surface area contributed by atoms with Crippen LogP contribution in [0.15, 0.2) is 29.3 Å². The van der Waals surface area contributed by atoms with E-state index in [0.29, 0.717) is 12.5 Å². The molecule has 1 aromatic rings. The number of benzene rings is 1. The number of nitrogens with one attached hydrogen (secondary N) is 2. The lowest BCUT2D eigenvalue weighted by Gasteiger charge is -2.22. The molecule has 1 unspecified atom stereocenters. The Hall–Kier alpha value is -1.38. The minimum atomic E-state index is -0.180. The SMILES string of the molecule is CCNC(=NCC1(c2cccc(F)c2)CC1)NC1CCN(C(=O)C2CCCC2)C1.I. The van der Waals surface area contributed by atoms with Gasteiger partial charge in [-0.05, 0) is 56.7 Å². The predicted molar refractivity (Wildman–Crippen MR) is 129 cm³/mol. The van der Waals surface area contributed by atoms with Gasteiger partial charge < -0.3 is 15.5 Å². The zero-order valence-electron chi connectivity index (χ0n) is 17.8. The van der Waals surface area contributed by atoms with Crippen molar-refractivity contribution in [3.63, 3.8) is 0 Å². The Labute approximate surface area is 196 Å². The molecule has 166 valence electrons. The Balaban J connectivity index is 0.00000256. The molecule has 3 aliphatic rings. The molecule has 1 atom stereocenters. The van der Waals surface area contributed by atoms with Crippen molar-refractivity contribution in [2.75, 3.05) is 26.2 Å².